The molecule has 2 aromatic carbocycles. The third kappa shape index (κ3) is 3.01. The number of benzene rings is 2. The molecule has 0 atom stereocenters. The number of nitrogens with one attached hydrogen (secondary N) is 1. The van der Waals surface area contributed by atoms with E-state index in [-0.39, 0.29) is 5.91 Å². The smallest absolute Gasteiger partial charge is 0.221 e. The molecule has 0 aliphatic heterocycles. The molecule has 0 fully saturated rings. The summed E-state index contributed by atoms with van der Waals surface area (Å²) in [5.41, 5.74) is 2.52. The molecule has 7 nitrogen and oxygen atoms in total. The van der Waals surface area contributed by atoms with Crippen LogP contribution in [0.1, 0.15) is 6.92 Å². The summed E-state index contributed by atoms with van der Waals surface area (Å²) >= 11 is 6.32. The molecule has 0 aliphatic carbocycles. The van der Waals surface area contributed by atoms with E-state index in [1.54, 1.807) is 35.0 Å². The zero-order valence-electron chi connectivity index (χ0n) is 15.3. The maximum Gasteiger partial charge on any atom is 0.221 e. The highest BCUT2D eigenvalue weighted by Gasteiger charge is 2.19. The van der Waals surface area contributed by atoms with E-state index < -0.39 is 0 Å². The summed E-state index contributed by atoms with van der Waals surface area (Å²) in [7, 11) is 0. The molecule has 1 amide bonds. The average Bonchev–Trinajstić information content (AvgIpc) is 3.37. The van der Waals surface area contributed by atoms with Gasteiger partial charge in [-0.25, -0.2) is 9.97 Å². The Morgan fingerprint density at radius 3 is 2.66 bits per heavy atom. The molecule has 0 saturated carbocycles. The van der Waals surface area contributed by atoms with Crippen molar-refractivity contribution in [2.24, 2.45) is 0 Å². The van der Waals surface area contributed by atoms with Crippen LogP contribution in [0.15, 0.2) is 65.3 Å². The molecule has 0 radical (unpaired) electrons. The van der Waals surface area contributed by atoms with Crippen LogP contribution < -0.4 is 5.32 Å². The van der Waals surface area contributed by atoms with Crippen molar-refractivity contribution in [3.05, 3.63) is 65.9 Å². The van der Waals surface area contributed by atoms with E-state index in [0.29, 0.717) is 44.7 Å². The van der Waals surface area contributed by atoms with Crippen molar-refractivity contribution in [1.29, 1.82) is 0 Å². The summed E-state index contributed by atoms with van der Waals surface area (Å²) in [6.07, 6.45) is 1.57. The third-order valence-electron chi connectivity index (χ3n) is 4.43. The number of rotatable bonds is 3. The Morgan fingerprint density at radius 2 is 1.93 bits per heavy atom. The van der Waals surface area contributed by atoms with Crippen molar-refractivity contribution in [3.63, 3.8) is 0 Å². The third-order valence-corrected chi connectivity index (χ3v) is 4.64. The molecule has 0 saturated heterocycles. The first-order valence-electron chi connectivity index (χ1n) is 8.87. The van der Waals surface area contributed by atoms with Gasteiger partial charge in [0.05, 0.1) is 12.0 Å². The molecule has 1 N–H and O–H groups in total. The van der Waals surface area contributed by atoms with Gasteiger partial charge in [0, 0.05) is 22.9 Å². The summed E-state index contributed by atoms with van der Waals surface area (Å²) in [4.78, 5) is 21.2. The van der Waals surface area contributed by atoms with E-state index in [9.17, 15) is 4.79 Å². The SMILES string of the molecule is CC(=O)Nc1cc(Cl)cc2c1nc(-c1ccccc1)n1nc(-c3ccco3)nc21. The monoisotopic (exact) mass is 403 g/mol. The van der Waals surface area contributed by atoms with E-state index in [1.807, 2.05) is 30.3 Å². The van der Waals surface area contributed by atoms with Crippen LogP contribution in [0.4, 0.5) is 5.69 Å². The number of carbonyl (C=O) groups is 1. The Kier molecular flexibility index (Phi) is 4.03. The zero-order valence-corrected chi connectivity index (χ0v) is 16.0. The minimum atomic E-state index is -0.214. The second kappa shape index (κ2) is 6.72. The fourth-order valence-corrected chi connectivity index (χ4v) is 3.46. The number of fused-ring (bicyclic) bond motifs is 3. The summed E-state index contributed by atoms with van der Waals surface area (Å²) in [5.74, 6) is 1.36. The maximum atomic E-state index is 11.7. The van der Waals surface area contributed by atoms with Crippen LogP contribution in [0.25, 0.3) is 39.5 Å². The van der Waals surface area contributed by atoms with Crippen LogP contribution in [0.5, 0.6) is 0 Å². The van der Waals surface area contributed by atoms with Gasteiger partial charge in [-0.1, -0.05) is 41.9 Å². The number of aromatic nitrogens is 4. The topological polar surface area (TPSA) is 85.3 Å². The van der Waals surface area contributed by atoms with Crippen LogP contribution in [-0.2, 0) is 4.79 Å². The molecule has 0 aliphatic rings. The van der Waals surface area contributed by atoms with Gasteiger partial charge in [0.1, 0.15) is 5.52 Å². The minimum Gasteiger partial charge on any atom is -0.461 e. The largest absolute Gasteiger partial charge is 0.461 e. The summed E-state index contributed by atoms with van der Waals surface area (Å²) in [6.45, 7) is 1.44. The highest BCUT2D eigenvalue weighted by Crippen LogP contribution is 2.33. The fourth-order valence-electron chi connectivity index (χ4n) is 3.25. The van der Waals surface area contributed by atoms with Gasteiger partial charge in [0.2, 0.25) is 11.7 Å². The lowest BCUT2D eigenvalue weighted by molar-refractivity contribution is -0.114. The molecule has 5 rings (SSSR count). The van der Waals surface area contributed by atoms with Crippen molar-refractivity contribution in [2.45, 2.75) is 6.92 Å². The predicted molar refractivity (Wildman–Crippen MR) is 111 cm³/mol. The van der Waals surface area contributed by atoms with Gasteiger partial charge >= 0.3 is 0 Å². The molecule has 5 aromatic rings. The first kappa shape index (κ1) is 17.4. The van der Waals surface area contributed by atoms with Crippen LogP contribution in [-0.4, -0.2) is 25.5 Å². The molecular formula is C21H14ClN5O2. The summed E-state index contributed by atoms with van der Waals surface area (Å²) in [5, 5.41) is 8.56. The van der Waals surface area contributed by atoms with Crippen molar-refractivity contribution in [1.82, 2.24) is 19.6 Å². The van der Waals surface area contributed by atoms with E-state index in [1.165, 1.54) is 6.92 Å². The highest BCUT2D eigenvalue weighted by molar-refractivity contribution is 6.32. The molecule has 0 spiro atoms. The number of furan rings is 1. The van der Waals surface area contributed by atoms with Crippen LogP contribution >= 0.6 is 11.6 Å². The Labute approximate surface area is 170 Å². The Hall–Kier alpha value is -3.71. The number of anilines is 1. The lowest BCUT2D eigenvalue weighted by atomic mass is 10.1. The van der Waals surface area contributed by atoms with Gasteiger partial charge in [0.15, 0.2) is 17.2 Å². The van der Waals surface area contributed by atoms with Crippen molar-refractivity contribution >= 4 is 39.7 Å². The summed E-state index contributed by atoms with van der Waals surface area (Å²) < 4.78 is 7.14. The molecule has 29 heavy (non-hydrogen) atoms. The predicted octanol–water partition coefficient (Wildman–Crippen LogP) is 4.82. The number of halogens is 1. The minimum absolute atomic E-state index is 0.214. The second-order valence-electron chi connectivity index (χ2n) is 6.48. The quantitative estimate of drug-likeness (QED) is 0.467. The number of amides is 1. The standard InChI is InChI=1S/C21H14ClN5O2/c1-12(28)23-16-11-14(22)10-15-18(16)24-20(13-6-3-2-4-7-13)27-21(15)25-19(26-27)17-8-5-9-29-17/h2-11H,1H3,(H,23,28). The van der Waals surface area contributed by atoms with E-state index in [0.717, 1.165) is 5.56 Å². The van der Waals surface area contributed by atoms with Gasteiger partial charge in [0.25, 0.3) is 0 Å². The lowest BCUT2D eigenvalue weighted by Crippen LogP contribution is -2.08. The Morgan fingerprint density at radius 1 is 1.10 bits per heavy atom. The Balaban J connectivity index is 1.90. The molecule has 3 heterocycles. The highest BCUT2D eigenvalue weighted by atomic mass is 35.5. The number of hydrogen-bond donors (Lipinski definition) is 1. The van der Waals surface area contributed by atoms with Gasteiger partial charge < -0.3 is 9.73 Å². The van der Waals surface area contributed by atoms with E-state index >= 15 is 0 Å². The molecular weight excluding hydrogens is 390 g/mol. The van der Waals surface area contributed by atoms with Crippen LogP contribution in [0.3, 0.4) is 0 Å². The van der Waals surface area contributed by atoms with Gasteiger partial charge in [-0.2, -0.15) is 4.52 Å². The molecule has 142 valence electrons. The molecule has 3 aromatic heterocycles. The van der Waals surface area contributed by atoms with Gasteiger partial charge in [-0.15, -0.1) is 5.10 Å². The molecule has 0 unspecified atom stereocenters. The fraction of sp³-hybridized carbons (Fsp3) is 0.0476. The van der Waals surface area contributed by atoms with Crippen molar-refractivity contribution in [2.75, 3.05) is 5.32 Å². The summed E-state index contributed by atoms with van der Waals surface area (Å²) in [6, 6.07) is 16.7. The molecule has 8 heteroatoms. The Bertz CT molecular complexity index is 1360. The van der Waals surface area contributed by atoms with Gasteiger partial charge in [-0.05, 0) is 24.3 Å². The van der Waals surface area contributed by atoms with Crippen molar-refractivity contribution < 1.29 is 9.21 Å². The van der Waals surface area contributed by atoms with Gasteiger partial charge in [-0.3, -0.25) is 4.79 Å². The number of hydrogen-bond acceptors (Lipinski definition) is 5. The average molecular weight is 404 g/mol. The molecule has 0 bridgehead atoms. The lowest BCUT2D eigenvalue weighted by Gasteiger charge is -2.11. The van der Waals surface area contributed by atoms with E-state index in [4.69, 9.17) is 21.0 Å². The number of nitrogens with zero attached hydrogens (tertiary/aromatic N) is 4. The van der Waals surface area contributed by atoms with E-state index in [2.05, 4.69) is 15.4 Å². The number of carbonyl (C=O) groups excluding carboxylic acids is 1. The normalized spacial score (nSPS) is 11.2. The zero-order chi connectivity index (χ0) is 20.0. The van der Waals surface area contributed by atoms with Crippen LogP contribution in [0.2, 0.25) is 5.02 Å². The first-order valence-corrected chi connectivity index (χ1v) is 9.25. The van der Waals surface area contributed by atoms with Crippen LogP contribution in [0, 0.1) is 0 Å². The van der Waals surface area contributed by atoms with Crippen molar-refractivity contribution in [3.8, 4) is 23.0 Å². The maximum absolute atomic E-state index is 11.7. The first-order chi connectivity index (χ1) is 14.1. The second-order valence-corrected chi connectivity index (χ2v) is 6.92.